The molecule has 0 unspecified atom stereocenters. The molecular weight excluding hydrogens is 402 g/mol. The van der Waals surface area contributed by atoms with E-state index >= 15 is 0 Å². The highest BCUT2D eigenvalue weighted by molar-refractivity contribution is 7.26. The Balaban J connectivity index is 1.96. The minimum absolute atomic E-state index is 0.432. The average Bonchev–Trinajstić information content (AvgIpc) is 3.14. The monoisotopic (exact) mass is 417 g/mol. The fraction of sp³-hybridized carbons (Fsp3) is 0.0909. The number of rotatable bonds is 3. The van der Waals surface area contributed by atoms with Crippen molar-refractivity contribution >= 4 is 49.3 Å². The van der Waals surface area contributed by atoms with Gasteiger partial charge in [0.1, 0.15) is 10.5 Å². The molecule has 0 N–H and O–H groups in total. The Labute approximate surface area is 176 Å². The van der Waals surface area contributed by atoms with E-state index in [0.717, 1.165) is 42.8 Å². The molecule has 5 rings (SSSR count). The number of fused-ring (bicyclic) bond motifs is 3. The number of halogens is 1. The van der Waals surface area contributed by atoms with Gasteiger partial charge in [0.15, 0.2) is 5.15 Å². The summed E-state index contributed by atoms with van der Waals surface area (Å²) in [4.78, 5) is 11.9. The fourth-order valence-electron chi connectivity index (χ4n) is 3.36. The lowest BCUT2D eigenvalue weighted by Gasteiger charge is -2.12. The van der Waals surface area contributed by atoms with Crippen molar-refractivity contribution in [3.63, 3.8) is 0 Å². The Bertz CT molecular complexity index is 1330. The van der Waals surface area contributed by atoms with Crippen LogP contribution in [0.5, 0.6) is 0 Å². The van der Waals surface area contributed by atoms with Gasteiger partial charge in [-0.1, -0.05) is 72.3 Å². The Morgan fingerprint density at radius 3 is 2.14 bits per heavy atom. The normalized spacial score (nSPS) is 11.3. The van der Waals surface area contributed by atoms with E-state index in [2.05, 4.69) is 27.3 Å². The molecule has 0 saturated carbocycles. The lowest BCUT2D eigenvalue weighted by molar-refractivity contribution is 1.02. The molecule has 0 aliphatic heterocycles. The van der Waals surface area contributed by atoms with E-state index in [0.29, 0.717) is 11.1 Å². The Morgan fingerprint density at radius 1 is 0.828 bits per heavy atom. The van der Waals surface area contributed by atoms with Gasteiger partial charge in [0.2, 0.25) is 5.95 Å². The predicted octanol–water partition coefficient (Wildman–Crippen LogP) is 5.69. The molecule has 3 heterocycles. The van der Waals surface area contributed by atoms with E-state index in [1.807, 2.05) is 67.5 Å². The summed E-state index contributed by atoms with van der Waals surface area (Å²) in [6.07, 6.45) is 0. The van der Waals surface area contributed by atoms with Gasteiger partial charge in [-0.15, -0.1) is 21.5 Å². The predicted molar refractivity (Wildman–Crippen MR) is 121 cm³/mol. The first-order valence-corrected chi connectivity index (χ1v) is 10.3. The fourth-order valence-corrected chi connectivity index (χ4v) is 4.60. The van der Waals surface area contributed by atoms with E-state index in [4.69, 9.17) is 16.6 Å². The zero-order valence-electron chi connectivity index (χ0n) is 15.8. The third-order valence-electron chi connectivity index (χ3n) is 4.70. The highest BCUT2D eigenvalue weighted by Gasteiger charge is 2.22. The van der Waals surface area contributed by atoms with Crippen LogP contribution in [0.4, 0.5) is 5.95 Å². The van der Waals surface area contributed by atoms with Crippen molar-refractivity contribution in [2.75, 3.05) is 19.0 Å². The van der Waals surface area contributed by atoms with Crippen LogP contribution < -0.4 is 4.90 Å². The van der Waals surface area contributed by atoms with Gasteiger partial charge in [-0.25, -0.2) is 4.98 Å². The second-order valence-electron chi connectivity index (χ2n) is 6.82. The molecule has 0 spiro atoms. The van der Waals surface area contributed by atoms with Crippen molar-refractivity contribution in [3.05, 3.63) is 65.8 Å². The van der Waals surface area contributed by atoms with Crippen LogP contribution in [-0.4, -0.2) is 34.3 Å². The van der Waals surface area contributed by atoms with Gasteiger partial charge < -0.3 is 4.90 Å². The van der Waals surface area contributed by atoms with Gasteiger partial charge in [-0.3, -0.25) is 0 Å². The highest BCUT2D eigenvalue weighted by atomic mass is 35.5. The highest BCUT2D eigenvalue weighted by Crippen LogP contribution is 2.43. The summed E-state index contributed by atoms with van der Waals surface area (Å²) in [5.74, 6) is 0.569. The van der Waals surface area contributed by atoms with Crippen LogP contribution in [0.3, 0.4) is 0 Å². The lowest BCUT2D eigenvalue weighted by Crippen LogP contribution is -2.12. The Kier molecular flexibility index (Phi) is 4.38. The zero-order valence-corrected chi connectivity index (χ0v) is 17.4. The minimum atomic E-state index is 0.432. The first-order chi connectivity index (χ1) is 14.1. The van der Waals surface area contributed by atoms with Crippen LogP contribution >= 0.6 is 22.9 Å². The maximum atomic E-state index is 6.52. The minimum Gasteiger partial charge on any atom is -0.347 e. The van der Waals surface area contributed by atoms with E-state index in [-0.39, 0.29) is 0 Å². The molecule has 0 aliphatic rings. The number of hydrogen-bond donors (Lipinski definition) is 0. The van der Waals surface area contributed by atoms with Gasteiger partial charge in [0, 0.05) is 30.6 Å². The van der Waals surface area contributed by atoms with Gasteiger partial charge in [-0.05, 0) is 5.56 Å². The zero-order chi connectivity index (χ0) is 20.0. The summed E-state index contributed by atoms with van der Waals surface area (Å²) < 4.78 is 0.823. The lowest BCUT2D eigenvalue weighted by atomic mass is 9.97. The van der Waals surface area contributed by atoms with E-state index in [9.17, 15) is 0 Å². The second-order valence-corrected chi connectivity index (χ2v) is 8.18. The van der Waals surface area contributed by atoms with Crippen LogP contribution in [-0.2, 0) is 0 Å². The smallest absolute Gasteiger partial charge is 0.226 e. The number of thiophene rings is 1. The second kappa shape index (κ2) is 7.06. The van der Waals surface area contributed by atoms with Gasteiger partial charge in [-0.2, -0.15) is 4.98 Å². The molecule has 0 bridgehead atoms. The SMILES string of the molecule is CN(C)c1nc(Cl)c2sc3nnc(-c4ccccc4)c(-c4ccccc4)c3c2n1. The summed E-state index contributed by atoms with van der Waals surface area (Å²) >= 11 is 7.99. The molecule has 5 aromatic rings. The summed E-state index contributed by atoms with van der Waals surface area (Å²) in [7, 11) is 3.80. The first kappa shape index (κ1) is 18.0. The van der Waals surface area contributed by atoms with Crippen LogP contribution in [0.15, 0.2) is 60.7 Å². The first-order valence-electron chi connectivity index (χ1n) is 9.08. The molecule has 2 aromatic carbocycles. The summed E-state index contributed by atoms with van der Waals surface area (Å²) in [5, 5.41) is 10.5. The summed E-state index contributed by atoms with van der Waals surface area (Å²) in [5.41, 5.74) is 4.71. The molecule has 0 saturated heterocycles. The van der Waals surface area contributed by atoms with Crippen LogP contribution in [0, 0.1) is 0 Å². The van der Waals surface area contributed by atoms with E-state index < -0.39 is 0 Å². The molecule has 0 fully saturated rings. The topological polar surface area (TPSA) is 54.8 Å². The van der Waals surface area contributed by atoms with Gasteiger partial charge in [0.05, 0.1) is 10.2 Å². The van der Waals surface area contributed by atoms with Crippen LogP contribution in [0.25, 0.3) is 42.8 Å². The molecule has 142 valence electrons. The molecular formula is C22H16ClN5S. The van der Waals surface area contributed by atoms with Crippen molar-refractivity contribution in [2.24, 2.45) is 0 Å². The summed E-state index contributed by atoms with van der Waals surface area (Å²) in [6.45, 7) is 0. The van der Waals surface area contributed by atoms with Crippen molar-refractivity contribution in [1.82, 2.24) is 20.2 Å². The largest absolute Gasteiger partial charge is 0.347 e. The van der Waals surface area contributed by atoms with Crippen LogP contribution in [0.1, 0.15) is 0 Å². The van der Waals surface area contributed by atoms with E-state index in [1.165, 1.54) is 11.3 Å². The quantitative estimate of drug-likeness (QED) is 0.353. The van der Waals surface area contributed by atoms with Crippen molar-refractivity contribution < 1.29 is 0 Å². The molecule has 29 heavy (non-hydrogen) atoms. The number of hydrogen-bond acceptors (Lipinski definition) is 6. The molecule has 3 aromatic heterocycles. The Morgan fingerprint density at radius 2 is 1.48 bits per heavy atom. The van der Waals surface area contributed by atoms with Crippen molar-refractivity contribution in [2.45, 2.75) is 0 Å². The maximum absolute atomic E-state index is 6.52. The Hall–Kier alpha value is -3.09. The number of nitrogens with zero attached hydrogens (tertiary/aromatic N) is 5. The van der Waals surface area contributed by atoms with Crippen LogP contribution in [0.2, 0.25) is 5.15 Å². The standard InChI is InChI=1S/C22H16ClN5S/c1-28(2)22-24-18-16-15(13-9-5-3-6-10-13)17(14-11-7-4-8-12-14)26-27-21(16)29-19(18)20(23)25-22/h3-12H,1-2H3. The third kappa shape index (κ3) is 3.01. The maximum Gasteiger partial charge on any atom is 0.226 e. The molecule has 0 aliphatic carbocycles. The van der Waals surface area contributed by atoms with Crippen molar-refractivity contribution in [1.29, 1.82) is 0 Å². The number of aromatic nitrogens is 4. The molecule has 0 radical (unpaired) electrons. The third-order valence-corrected chi connectivity index (χ3v) is 6.15. The molecule has 7 heteroatoms. The molecule has 5 nitrogen and oxygen atoms in total. The number of benzene rings is 2. The van der Waals surface area contributed by atoms with Gasteiger partial charge >= 0.3 is 0 Å². The van der Waals surface area contributed by atoms with E-state index in [1.54, 1.807) is 0 Å². The molecule has 0 amide bonds. The average molecular weight is 418 g/mol. The molecule has 0 atom stereocenters. The summed E-state index contributed by atoms with van der Waals surface area (Å²) in [6, 6.07) is 20.3. The van der Waals surface area contributed by atoms with Gasteiger partial charge in [0.25, 0.3) is 0 Å². The van der Waals surface area contributed by atoms with Crippen molar-refractivity contribution in [3.8, 4) is 22.4 Å². The number of anilines is 1.